The minimum atomic E-state index is -3.60. The van der Waals surface area contributed by atoms with Crippen LogP contribution in [-0.2, 0) is 10.0 Å². The Balaban J connectivity index is 1.45. The highest BCUT2D eigenvalue weighted by molar-refractivity contribution is 7.89. The number of nitrogens with zero attached hydrogens (tertiary/aromatic N) is 2. The molecular formula is C23H27N3O4S. The first-order chi connectivity index (χ1) is 14.8. The van der Waals surface area contributed by atoms with E-state index in [0.717, 1.165) is 22.2 Å². The van der Waals surface area contributed by atoms with E-state index < -0.39 is 10.0 Å². The van der Waals surface area contributed by atoms with Gasteiger partial charge in [0.05, 0.1) is 11.5 Å². The second kappa shape index (κ2) is 8.36. The van der Waals surface area contributed by atoms with Crippen LogP contribution in [0.1, 0.15) is 28.5 Å². The number of aryl methyl sites for hydroxylation is 2. The summed E-state index contributed by atoms with van der Waals surface area (Å²) in [5.74, 6) is 0.569. The van der Waals surface area contributed by atoms with Crippen LogP contribution in [0.25, 0.3) is 10.9 Å². The number of H-pyrrole nitrogens is 1. The van der Waals surface area contributed by atoms with E-state index in [1.165, 1.54) is 4.31 Å². The quantitative estimate of drug-likeness (QED) is 0.658. The summed E-state index contributed by atoms with van der Waals surface area (Å²) < 4.78 is 32.8. The Kier molecular flexibility index (Phi) is 5.77. The lowest BCUT2D eigenvalue weighted by molar-refractivity contribution is 0.0698. The summed E-state index contributed by atoms with van der Waals surface area (Å²) in [4.78, 5) is 18.3. The van der Waals surface area contributed by atoms with Crippen molar-refractivity contribution >= 4 is 26.8 Å². The number of ether oxygens (including phenoxy) is 1. The third-order valence-corrected chi connectivity index (χ3v) is 7.77. The van der Waals surface area contributed by atoms with Gasteiger partial charge in [0, 0.05) is 48.3 Å². The van der Waals surface area contributed by atoms with E-state index in [1.807, 2.05) is 39.0 Å². The average molecular weight is 442 g/mol. The zero-order chi connectivity index (χ0) is 22.2. The summed E-state index contributed by atoms with van der Waals surface area (Å²) in [6, 6.07) is 12.1. The van der Waals surface area contributed by atoms with Crippen molar-refractivity contribution in [2.24, 2.45) is 0 Å². The van der Waals surface area contributed by atoms with Crippen LogP contribution in [0.15, 0.2) is 47.4 Å². The van der Waals surface area contributed by atoms with E-state index in [9.17, 15) is 13.2 Å². The number of carbonyl (C=O) groups excluding carboxylic acids is 1. The van der Waals surface area contributed by atoms with Gasteiger partial charge in [-0.25, -0.2) is 8.42 Å². The van der Waals surface area contributed by atoms with Gasteiger partial charge in [-0.3, -0.25) is 4.79 Å². The molecule has 0 bridgehead atoms. The van der Waals surface area contributed by atoms with Gasteiger partial charge in [0.1, 0.15) is 5.75 Å². The van der Waals surface area contributed by atoms with Gasteiger partial charge in [-0.2, -0.15) is 4.31 Å². The number of benzene rings is 2. The molecule has 2 aromatic carbocycles. The average Bonchev–Trinajstić information content (AvgIpc) is 3.07. The molecule has 8 heteroatoms. The normalized spacial score (nSPS) is 15.4. The van der Waals surface area contributed by atoms with Crippen LogP contribution in [0.2, 0.25) is 0 Å². The van der Waals surface area contributed by atoms with E-state index in [4.69, 9.17) is 4.74 Å². The van der Waals surface area contributed by atoms with Gasteiger partial charge >= 0.3 is 0 Å². The first-order valence-corrected chi connectivity index (χ1v) is 11.9. The van der Waals surface area contributed by atoms with E-state index in [0.29, 0.717) is 31.0 Å². The maximum Gasteiger partial charge on any atom is 0.253 e. The zero-order valence-corrected chi connectivity index (χ0v) is 18.8. The molecule has 4 rings (SSSR count). The molecule has 0 unspecified atom stereocenters. The third-order valence-electron chi connectivity index (χ3n) is 5.85. The molecule has 2 heterocycles. The van der Waals surface area contributed by atoms with Gasteiger partial charge in [-0.05, 0) is 68.8 Å². The van der Waals surface area contributed by atoms with Crippen LogP contribution in [0.5, 0.6) is 5.75 Å². The Bertz CT molecular complexity index is 1210. The molecular weight excluding hydrogens is 414 g/mol. The van der Waals surface area contributed by atoms with Crippen molar-refractivity contribution < 1.29 is 17.9 Å². The molecule has 1 saturated heterocycles. The second-order valence-electron chi connectivity index (χ2n) is 7.74. The largest absolute Gasteiger partial charge is 0.494 e. The van der Waals surface area contributed by atoms with Gasteiger partial charge in [0.25, 0.3) is 5.91 Å². The highest BCUT2D eigenvalue weighted by atomic mass is 32.2. The molecule has 0 saturated carbocycles. The van der Waals surface area contributed by atoms with Gasteiger partial charge in [0.15, 0.2) is 0 Å². The fourth-order valence-electron chi connectivity index (χ4n) is 3.93. The summed E-state index contributed by atoms with van der Waals surface area (Å²) in [6.45, 7) is 7.71. The van der Waals surface area contributed by atoms with Crippen molar-refractivity contribution in [1.82, 2.24) is 14.2 Å². The zero-order valence-electron chi connectivity index (χ0n) is 18.0. The number of aromatic amines is 1. The molecule has 1 fully saturated rings. The molecule has 0 atom stereocenters. The Morgan fingerprint density at radius 1 is 1.03 bits per heavy atom. The van der Waals surface area contributed by atoms with Crippen molar-refractivity contribution in [3.8, 4) is 5.75 Å². The maximum absolute atomic E-state index is 13.0. The van der Waals surface area contributed by atoms with Crippen LogP contribution in [0.4, 0.5) is 0 Å². The van der Waals surface area contributed by atoms with Gasteiger partial charge in [0.2, 0.25) is 10.0 Å². The summed E-state index contributed by atoms with van der Waals surface area (Å²) in [5, 5.41) is 1.04. The fourth-order valence-corrected chi connectivity index (χ4v) is 5.35. The Morgan fingerprint density at radius 2 is 1.71 bits per heavy atom. The van der Waals surface area contributed by atoms with Gasteiger partial charge in [-0.15, -0.1) is 0 Å². The number of carbonyl (C=O) groups is 1. The van der Waals surface area contributed by atoms with Gasteiger partial charge < -0.3 is 14.6 Å². The number of hydrogen-bond acceptors (Lipinski definition) is 4. The van der Waals surface area contributed by atoms with Crippen LogP contribution in [0.3, 0.4) is 0 Å². The fraction of sp³-hybridized carbons (Fsp3) is 0.348. The topological polar surface area (TPSA) is 82.7 Å². The molecule has 3 aromatic rings. The standard InChI is InChI=1S/C23H27N3O4S/c1-4-30-19-6-8-20(9-7-19)31(28,29)26-13-11-25(12-14-26)23(27)18-5-10-22-21(15-18)16(2)17(3)24-22/h5-10,15,24H,4,11-14H2,1-3H3. The lowest BCUT2D eigenvalue weighted by Gasteiger charge is -2.34. The molecule has 0 spiro atoms. The van der Waals surface area contributed by atoms with Crippen molar-refractivity contribution in [2.45, 2.75) is 25.7 Å². The van der Waals surface area contributed by atoms with E-state index in [-0.39, 0.29) is 23.9 Å². The predicted molar refractivity (Wildman–Crippen MR) is 120 cm³/mol. The molecule has 164 valence electrons. The number of aromatic nitrogens is 1. The number of piperazine rings is 1. The Hall–Kier alpha value is -2.84. The number of rotatable bonds is 5. The van der Waals surface area contributed by atoms with Gasteiger partial charge in [-0.1, -0.05) is 0 Å². The predicted octanol–water partition coefficient (Wildman–Crippen LogP) is 3.33. The number of sulfonamides is 1. The second-order valence-corrected chi connectivity index (χ2v) is 9.67. The molecule has 1 aliphatic rings. The molecule has 0 aliphatic carbocycles. The lowest BCUT2D eigenvalue weighted by atomic mass is 10.1. The van der Waals surface area contributed by atoms with Crippen LogP contribution in [0, 0.1) is 13.8 Å². The molecule has 7 nitrogen and oxygen atoms in total. The minimum Gasteiger partial charge on any atom is -0.494 e. The molecule has 1 amide bonds. The maximum atomic E-state index is 13.0. The highest BCUT2D eigenvalue weighted by Crippen LogP contribution is 2.24. The first-order valence-electron chi connectivity index (χ1n) is 10.4. The van der Waals surface area contributed by atoms with Crippen LogP contribution >= 0.6 is 0 Å². The summed E-state index contributed by atoms with van der Waals surface area (Å²) in [5.41, 5.74) is 3.86. The minimum absolute atomic E-state index is 0.0710. The molecule has 1 aromatic heterocycles. The van der Waals surface area contributed by atoms with Crippen molar-refractivity contribution in [3.63, 3.8) is 0 Å². The highest BCUT2D eigenvalue weighted by Gasteiger charge is 2.30. The van der Waals surface area contributed by atoms with E-state index in [2.05, 4.69) is 4.98 Å². The monoisotopic (exact) mass is 441 g/mol. The van der Waals surface area contributed by atoms with Crippen molar-refractivity contribution in [2.75, 3.05) is 32.8 Å². The summed E-state index contributed by atoms with van der Waals surface area (Å²) in [6.07, 6.45) is 0. The van der Waals surface area contributed by atoms with Crippen LogP contribution in [-0.4, -0.2) is 61.3 Å². The number of amides is 1. The molecule has 1 aliphatic heterocycles. The third kappa shape index (κ3) is 4.05. The first kappa shape index (κ1) is 21.4. The number of hydrogen-bond donors (Lipinski definition) is 1. The van der Waals surface area contributed by atoms with Crippen LogP contribution < -0.4 is 4.74 Å². The summed E-state index contributed by atoms with van der Waals surface area (Å²) in [7, 11) is -3.60. The smallest absolute Gasteiger partial charge is 0.253 e. The molecule has 0 radical (unpaired) electrons. The van der Waals surface area contributed by atoms with Crippen molar-refractivity contribution in [1.29, 1.82) is 0 Å². The lowest BCUT2D eigenvalue weighted by Crippen LogP contribution is -2.50. The van der Waals surface area contributed by atoms with Crippen molar-refractivity contribution in [3.05, 3.63) is 59.3 Å². The Morgan fingerprint density at radius 3 is 2.35 bits per heavy atom. The molecule has 1 N–H and O–H groups in total. The van der Waals surface area contributed by atoms with E-state index >= 15 is 0 Å². The Labute approximate surface area is 182 Å². The molecule has 31 heavy (non-hydrogen) atoms. The SMILES string of the molecule is CCOc1ccc(S(=O)(=O)N2CCN(C(=O)c3ccc4[nH]c(C)c(C)c4c3)CC2)cc1. The summed E-state index contributed by atoms with van der Waals surface area (Å²) >= 11 is 0. The number of nitrogens with one attached hydrogen (secondary N) is 1. The van der Waals surface area contributed by atoms with E-state index in [1.54, 1.807) is 29.2 Å². The number of fused-ring (bicyclic) bond motifs is 1.